The summed E-state index contributed by atoms with van der Waals surface area (Å²) in [6, 6.07) is 13.4. The smallest absolute Gasteiger partial charge is 0.277 e. The summed E-state index contributed by atoms with van der Waals surface area (Å²) in [5.74, 6) is 1.73. The van der Waals surface area contributed by atoms with Crippen molar-refractivity contribution in [3.63, 3.8) is 0 Å². The molecular formula is C27H37ClN2Si. The Hall–Kier alpha value is -1.84. The molecule has 3 rings (SSSR count). The van der Waals surface area contributed by atoms with Crippen LogP contribution in [-0.2, 0) is 0 Å². The number of benzene rings is 2. The van der Waals surface area contributed by atoms with Crippen molar-refractivity contribution in [2.24, 2.45) is 0 Å². The van der Waals surface area contributed by atoms with Crippen molar-refractivity contribution in [3.8, 4) is 0 Å². The van der Waals surface area contributed by atoms with Gasteiger partial charge in [0.15, 0.2) is 5.69 Å². The quantitative estimate of drug-likeness (QED) is 0.316. The van der Waals surface area contributed by atoms with Crippen LogP contribution in [0.15, 0.2) is 48.7 Å². The molecule has 1 aliphatic rings. The van der Waals surface area contributed by atoms with Crippen LogP contribution in [0.2, 0.25) is 0 Å². The zero-order valence-electron chi connectivity index (χ0n) is 20.3. The van der Waals surface area contributed by atoms with E-state index in [9.17, 15) is 0 Å². The number of hydrogen-bond acceptors (Lipinski definition) is 1. The minimum Gasteiger partial charge on any atom is -0.436 e. The number of rotatable bonds is 6. The first-order valence-electron chi connectivity index (χ1n) is 11.5. The molecule has 0 spiro atoms. The second-order valence-electron chi connectivity index (χ2n) is 9.69. The van der Waals surface area contributed by atoms with Crippen LogP contribution in [0.5, 0.6) is 0 Å². The molecule has 0 aliphatic carbocycles. The highest BCUT2D eigenvalue weighted by Gasteiger charge is 2.29. The van der Waals surface area contributed by atoms with Gasteiger partial charge < -0.3 is 8.81 Å². The summed E-state index contributed by atoms with van der Waals surface area (Å²) in [7, 11) is -1.60. The summed E-state index contributed by atoms with van der Waals surface area (Å²) in [6.07, 6.45) is 6.51. The van der Waals surface area contributed by atoms with Crippen molar-refractivity contribution in [2.75, 3.05) is 4.57 Å². The van der Waals surface area contributed by atoms with Gasteiger partial charge in [0.2, 0.25) is 0 Å². The first-order chi connectivity index (χ1) is 14.6. The molecule has 0 atom stereocenters. The summed E-state index contributed by atoms with van der Waals surface area (Å²) in [5.41, 5.74) is 8.03. The van der Waals surface area contributed by atoms with Gasteiger partial charge in [0.05, 0.1) is 0 Å². The maximum Gasteiger partial charge on any atom is 0.277 e. The molecule has 2 aromatic rings. The van der Waals surface area contributed by atoms with Gasteiger partial charge in [0.1, 0.15) is 6.21 Å². The Morgan fingerprint density at radius 2 is 1.13 bits per heavy atom. The highest BCUT2D eigenvalue weighted by atomic mass is 35.6. The first-order valence-corrected chi connectivity index (χ1v) is 13.9. The van der Waals surface area contributed by atoms with Crippen molar-refractivity contribution < 1.29 is 4.24 Å². The molecule has 1 aliphatic heterocycles. The van der Waals surface area contributed by atoms with E-state index in [1.807, 2.05) is 0 Å². The third-order valence-electron chi connectivity index (χ3n) is 6.03. The molecule has 2 aromatic carbocycles. The highest BCUT2D eigenvalue weighted by molar-refractivity contribution is 7.05. The average molecular weight is 453 g/mol. The Morgan fingerprint density at radius 3 is 1.55 bits per heavy atom. The summed E-state index contributed by atoms with van der Waals surface area (Å²) < 4.78 is 4.72. The van der Waals surface area contributed by atoms with E-state index in [0.717, 1.165) is 0 Å². The van der Waals surface area contributed by atoms with Crippen LogP contribution in [0.25, 0.3) is 0 Å². The topological polar surface area (TPSA) is 6.25 Å². The van der Waals surface area contributed by atoms with E-state index in [0.29, 0.717) is 23.7 Å². The van der Waals surface area contributed by atoms with Crippen LogP contribution in [0.1, 0.15) is 101 Å². The van der Waals surface area contributed by atoms with Crippen molar-refractivity contribution in [3.05, 3.63) is 70.9 Å². The van der Waals surface area contributed by atoms with E-state index >= 15 is 0 Å². The lowest BCUT2D eigenvalue weighted by molar-refractivity contribution is -0.278. The molecular weight excluding hydrogens is 416 g/mol. The van der Waals surface area contributed by atoms with Crippen molar-refractivity contribution in [1.82, 2.24) is 0 Å². The maximum absolute atomic E-state index is 7.40. The maximum atomic E-state index is 7.40. The van der Waals surface area contributed by atoms with Crippen LogP contribution < -0.4 is 4.57 Å². The molecule has 166 valence electrons. The van der Waals surface area contributed by atoms with E-state index in [1.165, 1.54) is 33.6 Å². The molecule has 4 heteroatoms. The molecule has 0 N–H and O–H groups in total. The van der Waals surface area contributed by atoms with Gasteiger partial charge in [0.25, 0.3) is 8.43 Å². The summed E-state index contributed by atoms with van der Waals surface area (Å²) in [6.45, 7) is 18.2. The molecule has 0 fully saturated rings. The Bertz CT molecular complexity index is 936. The SMILES string of the molecule is CC(C)c1cccc(C(C)C)c1N1C=CC=[N+](c2c(C(C)C)cccc2C(C)C)[Si-]1Cl. The molecule has 0 unspecified atom stereocenters. The van der Waals surface area contributed by atoms with Crippen molar-refractivity contribution >= 4 is 37.1 Å². The summed E-state index contributed by atoms with van der Waals surface area (Å²) in [5, 5.41) is 0. The lowest BCUT2D eigenvalue weighted by Gasteiger charge is -2.40. The van der Waals surface area contributed by atoms with E-state index in [4.69, 9.17) is 11.1 Å². The second kappa shape index (κ2) is 9.75. The molecule has 0 amide bonds. The molecule has 0 saturated heterocycles. The fraction of sp³-hybridized carbons (Fsp3) is 0.444. The van der Waals surface area contributed by atoms with Crippen LogP contribution in [0, 0.1) is 0 Å². The van der Waals surface area contributed by atoms with Crippen LogP contribution in [0.4, 0.5) is 11.4 Å². The standard InChI is InChI=1S/C27H37ClN2Si/c1-18(2)22-12-9-13-23(19(3)4)26(22)29-16-11-17-30(31(29)28)27-24(20(5)6)14-10-15-25(27)21(7)8/h9-21H,1-8H3. The van der Waals surface area contributed by atoms with E-state index in [1.54, 1.807) is 0 Å². The van der Waals surface area contributed by atoms with Gasteiger partial charge in [-0.25, -0.2) is 0 Å². The van der Waals surface area contributed by atoms with Crippen LogP contribution in [-0.4, -0.2) is 18.9 Å². The second-order valence-corrected chi connectivity index (χ2v) is 12.2. The normalized spacial score (nSPS) is 14.4. The number of anilines is 1. The monoisotopic (exact) mass is 452 g/mol. The first kappa shape index (κ1) is 23.8. The summed E-state index contributed by atoms with van der Waals surface area (Å²) in [4.78, 5) is 0. The zero-order valence-corrected chi connectivity index (χ0v) is 22.0. The Balaban J connectivity index is 2.19. The average Bonchev–Trinajstić information content (AvgIpc) is 2.72. The predicted molar refractivity (Wildman–Crippen MR) is 138 cm³/mol. The third kappa shape index (κ3) is 4.68. The minimum atomic E-state index is -1.60. The zero-order chi connectivity index (χ0) is 22.9. The highest BCUT2D eigenvalue weighted by Crippen LogP contribution is 2.40. The molecule has 0 radical (unpaired) electrons. The molecule has 0 bridgehead atoms. The molecule has 2 nitrogen and oxygen atoms in total. The van der Waals surface area contributed by atoms with Gasteiger partial charge in [-0.15, -0.1) is 0 Å². The van der Waals surface area contributed by atoms with Gasteiger partial charge in [-0.1, -0.05) is 91.8 Å². The minimum absolute atomic E-state index is 0.432. The van der Waals surface area contributed by atoms with Gasteiger partial charge in [0, 0.05) is 22.9 Å². The lowest BCUT2D eigenvalue weighted by atomic mass is 9.92. The van der Waals surface area contributed by atoms with Crippen LogP contribution >= 0.6 is 11.1 Å². The summed E-state index contributed by atoms with van der Waals surface area (Å²) >= 11 is 7.40. The molecule has 0 saturated carbocycles. The predicted octanol–water partition coefficient (Wildman–Crippen LogP) is 8.15. The number of para-hydroxylation sites is 2. The fourth-order valence-electron chi connectivity index (χ4n) is 4.36. The Labute approximate surface area is 195 Å². The molecule has 31 heavy (non-hydrogen) atoms. The number of allylic oxidation sites excluding steroid dienone is 1. The van der Waals surface area contributed by atoms with Gasteiger partial charge in [-0.05, 0) is 41.0 Å². The lowest BCUT2D eigenvalue weighted by Crippen LogP contribution is -2.43. The van der Waals surface area contributed by atoms with E-state index in [2.05, 4.69) is 119 Å². The third-order valence-corrected chi connectivity index (χ3v) is 8.67. The number of nitrogens with zero attached hydrogens (tertiary/aromatic N) is 2. The molecule has 1 heterocycles. The molecule has 0 aromatic heterocycles. The fourth-order valence-corrected chi connectivity index (χ4v) is 6.74. The van der Waals surface area contributed by atoms with Crippen molar-refractivity contribution in [1.29, 1.82) is 0 Å². The largest absolute Gasteiger partial charge is 0.436 e. The van der Waals surface area contributed by atoms with Gasteiger partial charge in [-0.3, -0.25) is 11.1 Å². The van der Waals surface area contributed by atoms with Gasteiger partial charge in [-0.2, -0.15) is 0 Å². The van der Waals surface area contributed by atoms with Gasteiger partial charge >= 0.3 is 0 Å². The van der Waals surface area contributed by atoms with E-state index < -0.39 is 8.43 Å². The van der Waals surface area contributed by atoms with Crippen molar-refractivity contribution in [2.45, 2.75) is 79.1 Å². The van der Waals surface area contributed by atoms with Crippen LogP contribution in [0.3, 0.4) is 0 Å². The Kier molecular flexibility index (Phi) is 7.49. The number of hydrogen-bond donors (Lipinski definition) is 0. The Morgan fingerprint density at radius 1 is 0.710 bits per heavy atom. The van der Waals surface area contributed by atoms with E-state index in [-0.39, 0.29) is 0 Å². The number of halogens is 1.